The van der Waals surface area contributed by atoms with Crippen LogP contribution < -0.4 is 86.7 Å². The summed E-state index contributed by atoms with van der Waals surface area (Å²) >= 11 is 8.04. The number of benzene rings is 2. The molecule has 35 heteroatoms. The monoisotopic (exact) mass is 1470 g/mol. The number of aliphatic hydroxyl groups is 1. The molecule has 12 amide bonds. The minimum Gasteiger partial charge on any atom is -0.508 e. The first-order chi connectivity index (χ1) is 48.0. The van der Waals surface area contributed by atoms with Crippen LogP contribution in [0.4, 0.5) is 0 Å². The van der Waals surface area contributed by atoms with E-state index >= 15 is 0 Å². The topological polar surface area (TPSA) is 543 Å². The predicted octanol–water partition coefficient (Wildman–Crippen LogP) is -3.11. The molecule has 2 rings (SSSR count). The highest BCUT2D eigenvalue weighted by molar-refractivity contribution is 7.80. The molecular weight excluding hydrogens is 1360 g/mol. The van der Waals surface area contributed by atoms with Crippen LogP contribution >= 0.6 is 25.3 Å². The predicted molar refractivity (Wildman–Crippen MR) is 388 cm³/mol. The van der Waals surface area contributed by atoms with Gasteiger partial charge in [-0.15, -0.1) is 0 Å². The second-order valence-corrected chi connectivity index (χ2v) is 27.2. The molecule has 102 heavy (non-hydrogen) atoms. The Hall–Kier alpha value is -8.80. The number of nitrogens with zero attached hydrogens (tertiary/aromatic N) is 1. The fourth-order valence-corrected chi connectivity index (χ4v) is 10.6. The second kappa shape index (κ2) is 46.7. The molecule has 0 aliphatic carbocycles. The number of carbonyl (C=O) groups excluding carboxylic acids is 12. The van der Waals surface area contributed by atoms with Crippen molar-refractivity contribution in [1.82, 2.24) is 63.8 Å². The molecule has 2 aromatic rings. The fourth-order valence-electron chi connectivity index (χ4n) is 10.1. The van der Waals surface area contributed by atoms with Gasteiger partial charge in [0.1, 0.15) is 72.2 Å². The number of guanidine groups is 1. The number of carbonyl (C=O) groups is 13. The summed E-state index contributed by atoms with van der Waals surface area (Å²) in [7, 11) is 0. The largest absolute Gasteiger partial charge is 0.508 e. The van der Waals surface area contributed by atoms with Crippen LogP contribution in [0.3, 0.4) is 0 Å². The minimum absolute atomic E-state index is 0.00124. The standard InChI is InChI=1S/C67H109N17O16S2/c1-35(2)26-46(77-56(89)43(69)33-101)60(93)80-50(30-41-20-22-42(86)23-21-41)62(95)79-47(27-36(3)4)61(94)82-51(32-85)64(97)76-44(18-13-14-24-68)57(90)73-31-53(87)75-45(19-15-25-72-67(70)71)58(91)78-48(28-37(5)6)63(96)84-54(38(7)8)65(98)81-49(29-40-16-11-10-12-17-40)59(92)74-39(9)55(88)83-52(34-102)66(99)100/h10-12,16-17,20-23,35-39,43-52,54,85-86,101-102H,13-15,18-19,24-34,68-69H2,1-9H3,(H,73,90)(H,74,92)(H,75,87)(H,76,97)(H,77,89)(H,78,91)(H,79,95)(H,80,93)(H,81,98)(H,82,94)(H,83,88)(H,84,96)(H,99,100)(H4,70,71,72)/t39-,43-,44-,45-,46-,47-,48-,49-,50-,51-,52-,54-/m0/s1. The van der Waals surface area contributed by atoms with Gasteiger partial charge in [0.15, 0.2) is 5.96 Å². The molecule has 0 radical (unpaired) electrons. The van der Waals surface area contributed by atoms with E-state index < -0.39 is 168 Å². The van der Waals surface area contributed by atoms with Crippen LogP contribution in [0.2, 0.25) is 0 Å². The molecule has 0 spiro atoms. The number of unbranched alkanes of at least 4 members (excludes halogenated alkanes) is 1. The van der Waals surface area contributed by atoms with Gasteiger partial charge in [-0.2, -0.15) is 25.3 Å². The number of aromatic hydroxyl groups is 1. The lowest BCUT2D eigenvalue weighted by Crippen LogP contribution is -2.61. The number of carboxylic acid groups (broad SMARTS) is 1. The zero-order chi connectivity index (χ0) is 76.9. The van der Waals surface area contributed by atoms with Crippen LogP contribution in [0.25, 0.3) is 0 Å². The Labute approximate surface area is 606 Å². The Bertz CT molecular complexity index is 3110. The fraction of sp³-hybridized carbons (Fsp3) is 0.612. The van der Waals surface area contributed by atoms with Crippen molar-refractivity contribution in [3.63, 3.8) is 0 Å². The molecule has 0 saturated carbocycles. The third kappa shape index (κ3) is 33.8. The molecule has 0 aromatic heterocycles. The number of thiol groups is 2. The lowest BCUT2D eigenvalue weighted by molar-refractivity contribution is -0.141. The van der Waals surface area contributed by atoms with E-state index in [-0.39, 0.29) is 112 Å². The first-order valence-electron chi connectivity index (χ1n) is 34.0. The first-order valence-corrected chi connectivity index (χ1v) is 35.3. The van der Waals surface area contributed by atoms with E-state index in [2.05, 4.69) is 94.1 Å². The molecule has 12 atom stereocenters. The van der Waals surface area contributed by atoms with E-state index in [1.165, 1.54) is 31.2 Å². The van der Waals surface area contributed by atoms with E-state index in [1.807, 2.05) is 13.8 Å². The molecule has 2 aromatic carbocycles. The number of amides is 12. The van der Waals surface area contributed by atoms with Gasteiger partial charge in [0, 0.05) is 30.9 Å². The maximum atomic E-state index is 14.4. The van der Waals surface area contributed by atoms with Crippen molar-refractivity contribution in [3.8, 4) is 5.75 Å². The third-order valence-electron chi connectivity index (χ3n) is 15.7. The number of aliphatic imine (C=N–C) groups is 1. The number of hydrogen-bond donors (Lipinski definition) is 21. The Morgan fingerprint density at radius 2 is 0.882 bits per heavy atom. The molecule has 570 valence electrons. The Balaban J connectivity index is 2.40. The summed E-state index contributed by atoms with van der Waals surface area (Å²) in [6.45, 7) is 13.7. The molecule has 0 aliphatic heterocycles. The summed E-state index contributed by atoms with van der Waals surface area (Å²) in [4.78, 5) is 182. The van der Waals surface area contributed by atoms with Gasteiger partial charge in [-0.25, -0.2) is 4.79 Å². The number of nitrogens with two attached hydrogens (primary N) is 4. The van der Waals surface area contributed by atoms with E-state index in [1.54, 1.807) is 71.9 Å². The highest BCUT2D eigenvalue weighted by Gasteiger charge is 2.37. The van der Waals surface area contributed by atoms with Gasteiger partial charge >= 0.3 is 5.97 Å². The van der Waals surface area contributed by atoms with E-state index in [4.69, 9.17) is 22.9 Å². The number of aliphatic hydroxyl groups excluding tert-OH is 1. The molecule has 0 heterocycles. The maximum Gasteiger partial charge on any atom is 0.327 e. The molecular formula is C67H109N17O16S2. The Morgan fingerprint density at radius 3 is 1.36 bits per heavy atom. The number of phenols is 1. The highest BCUT2D eigenvalue weighted by atomic mass is 32.1. The number of aliphatic carboxylic acids is 1. The highest BCUT2D eigenvalue weighted by Crippen LogP contribution is 2.16. The third-order valence-corrected chi connectivity index (χ3v) is 16.4. The van der Waals surface area contributed by atoms with E-state index in [0.717, 1.165) is 0 Å². The van der Waals surface area contributed by atoms with Crippen LogP contribution in [0.5, 0.6) is 5.75 Å². The van der Waals surface area contributed by atoms with Gasteiger partial charge in [-0.05, 0) is 112 Å². The first kappa shape index (κ1) is 89.3. The lowest BCUT2D eigenvalue weighted by atomic mass is 9.98. The lowest BCUT2D eigenvalue weighted by Gasteiger charge is -2.29. The van der Waals surface area contributed by atoms with Gasteiger partial charge in [0.25, 0.3) is 0 Å². The van der Waals surface area contributed by atoms with Crippen molar-refractivity contribution in [1.29, 1.82) is 0 Å². The summed E-state index contributed by atoms with van der Waals surface area (Å²) in [6, 6.07) is -1.74. The summed E-state index contributed by atoms with van der Waals surface area (Å²) in [5.41, 5.74) is 23.8. The van der Waals surface area contributed by atoms with Gasteiger partial charge in [0.05, 0.1) is 19.2 Å². The smallest absolute Gasteiger partial charge is 0.327 e. The SMILES string of the molecule is CC(C)C[C@H](NC(=O)[C@H](Cc1ccc(O)cc1)NC(=O)[C@H](CC(C)C)NC(=O)[C@@H](N)CS)C(=O)N[C@@H](CO)C(=O)N[C@@H](CCCCN)C(=O)NCC(=O)N[C@@H](CCCN=C(N)N)C(=O)N[C@@H](CC(C)C)C(=O)N[C@H](C(=O)N[C@@H](Cc1ccccc1)C(=O)N[C@@H](C)C(=O)N[C@@H](CS)C(=O)O)C(C)C. The summed E-state index contributed by atoms with van der Waals surface area (Å²) in [5, 5.41) is 60.8. The number of phenolic OH excluding ortho intramolecular Hbond substituents is 1. The summed E-state index contributed by atoms with van der Waals surface area (Å²) in [6.07, 6.45) is 0.501. The van der Waals surface area contributed by atoms with Crippen LogP contribution in [0, 0.1) is 23.7 Å². The van der Waals surface area contributed by atoms with Crippen molar-refractivity contribution in [3.05, 3.63) is 65.7 Å². The second-order valence-electron chi connectivity index (χ2n) is 26.5. The van der Waals surface area contributed by atoms with Crippen LogP contribution in [-0.4, -0.2) is 208 Å². The van der Waals surface area contributed by atoms with E-state index in [0.29, 0.717) is 17.5 Å². The average Bonchev–Trinajstić information content (AvgIpc) is 0.856. The van der Waals surface area contributed by atoms with E-state index in [9.17, 15) is 77.6 Å². The Morgan fingerprint density at radius 1 is 0.461 bits per heavy atom. The number of hydrogen-bond acceptors (Lipinski definition) is 20. The van der Waals surface area contributed by atoms with Gasteiger partial charge in [0.2, 0.25) is 70.9 Å². The molecule has 0 unspecified atom stereocenters. The molecule has 0 aliphatic rings. The summed E-state index contributed by atoms with van der Waals surface area (Å²) in [5.74, 6) is -13.3. The Kier molecular flexibility index (Phi) is 40.8. The molecule has 33 nitrogen and oxygen atoms in total. The number of rotatable bonds is 47. The maximum absolute atomic E-state index is 14.4. The number of nitrogens with one attached hydrogen (secondary N) is 12. The zero-order valence-corrected chi connectivity index (χ0v) is 61.3. The van der Waals surface area contributed by atoms with Crippen LogP contribution in [0.1, 0.15) is 125 Å². The van der Waals surface area contributed by atoms with Crippen molar-refractivity contribution >= 4 is 108 Å². The normalized spacial score (nSPS) is 14.8. The van der Waals surface area contributed by atoms with Crippen LogP contribution in [-0.2, 0) is 75.2 Å². The molecule has 0 bridgehead atoms. The molecule has 0 saturated heterocycles. The number of carboxylic acids is 1. The summed E-state index contributed by atoms with van der Waals surface area (Å²) < 4.78 is 0. The van der Waals surface area contributed by atoms with Crippen molar-refractivity contribution < 1.29 is 77.6 Å². The minimum atomic E-state index is -1.73. The van der Waals surface area contributed by atoms with Gasteiger partial charge in [-0.3, -0.25) is 62.5 Å². The zero-order valence-electron chi connectivity index (χ0n) is 59.5. The van der Waals surface area contributed by atoms with Crippen molar-refractivity contribution in [2.45, 2.75) is 199 Å². The average molecular weight is 1470 g/mol. The van der Waals surface area contributed by atoms with Crippen LogP contribution in [0.15, 0.2) is 59.6 Å². The molecule has 0 fully saturated rings. The van der Waals surface area contributed by atoms with Crippen molar-refractivity contribution in [2.24, 2.45) is 51.6 Å². The molecule has 23 N–H and O–H groups in total. The van der Waals surface area contributed by atoms with Crippen molar-refractivity contribution in [2.75, 3.05) is 37.7 Å². The van der Waals surface area contributed by atoms with Gasteiger partial charge < -0.3 is 102 Å². The van der Waals surface area contributed by atoms with Gasteiger partial charge in [-0.1, -0.05) is 97.9 Å². The quantitative estimate of drug-likeness (QED) is 0.0135.